The quantitative estimate of drug-likeness (QED) is 0.293. The molecular weight excluding hydrogens is 402 g/mol. The molecule has 1 fully saturated rings. The summed E-state index contributed by atoms with van der Waals surface area (Å²) in [6, 6.07) is 3.68. The molecule has 2 rings (SSSR count). The van der Waals surface area contributed by atoms with Crippen molar-refractivity contribution in [3.8, 4) is 0 Å². The van der Waals surface area contributed by atoms with Gasteiger partial charge in [0.1, 0.15) is 5.15 Å². The van der Waals surface area contributed by atoms with E-state index in [0.717, 1.165) is 31.2 Å². The van der Waals surface area contributed by atoms with Crippen LogP contribution < -0.4 is 15.4 Å². The van der Waals surface area contributed by atoms with Crippen LogP contribution in [0.25, 0.3) is 0 Å². The molecule has 1 aromatic heterocycles. The fourth-order valence-electron chi connectivity index (χ4n) is 2.76. The highest BCUT2D eigenvalue weighted by atomic mass is 35.5. The summed E-state index contributed by atoms with van der Waals surface area (Å²) >= 11 is 5.78. The minimum Gasteiger partial charge on any atom is -0.377 e. The molecule has 8 nitrogen and oxygen atoms in total. The van der Waals surface area contributed by atoms with Crippen molar-refractivity contribution in [2.24, 2.45) is 4.99 Å². The average molecular weight is 432 g/mol. The van der Waals surface area contributed by atoms with E-state index in [4.69, 9.17) is 16.3 Å². The van der Waals surface area contributed by atoms with E-state index in [0.29, 0.717) is 37.4 Å². The number of ether oxygens (including phenoxy) is 1. The third kappa shape index (κ3) is 9.18. The van der Waals surface area contributed by atoms with Gasteiger partial charge in [-0.05, 0) is 44.2 Å². The van der Waals surface area contributed by atoms with Crippen molar-refractivity contribution in [2.45, 2.75) is 38.7 Å². The summed E-state index contributed by atoms with van der Waals surface area (Å²) in [6.45, 7) is 4.53. The number of guanidine groups is 1. The maximum atomic E-state index is 12.1. The Labute approximate surface area is 172 Å². The van der Waals surface area contributed by atoms with Crippen LogP contribution in [-0.4, -0.2) is 64.0 Å². The van der Waals surface area contributed by atoms with Gasteiger partial charge in [-0.25, -0.2) is 18.1 Å². The van der Waals surface area contributed by atoms with E-state index in [1.54, 1.807) is 12.3 Å². The molecule has 0 radical (unpaired) electrons. The largest absolute Gasteiger partial charge is 0.377 e. The first-order chi connectivity index (χ1) is 13.5. The molecule has 2 heterocycles. The zero-order valence-corrected chi connectivity index (χ0v) is 17.9. The number of pyridine rings is 1. The number of halogens is 1. The number of hydrogen-bond acceptors (Lipinski definition) is 5. The van der Waals surface area contributed by atoms with Crippen molar-refractivity contribution in [1.29, 1.82) is 0 Å². The van der Waals surface area contributed by atoms with E-state index < -0.39 is 10.0 Å². The first-order valence-corrected chi connectivity index (χ1v) is 11.7. The molecule has 28 heavy (non-hydrogen) atoms. The monoisotopic (exact) mass is 431 g/mol. The van der Waals surface area contributed by atoms with Crippen LogP contribution in [0.15, 0.2) is 23.3 Å². The van der Waals surface area contributed by atoms with Gasteiger partial charge in [-0.15, -0.1) is 0 Å². The Bertz CT molecular complexity index is 706. The van der Waals surface area contributed by atoms with Crippen molar-refractivity contribution in [3.63, 3.8) is 0 Å². The summed E-state index contributed by atoms with van der Waals surface area (Å²) in [7, 11) is -3.37. The van der Waals surface area contributed by atoms with Gasteiger partial charge in [0.15, 0.2) is 5.96 Å². The zero-order chi connectivity index (χ0) is 20.2. The Hall–Kier alpha value is -1.42. The number of aliphatic imine (C=N–C) groups is 1. The number of rotatable bonds is 10. The Balaban J connectivity index is 1.73. The lowest BCUT2D eigenvalue weighted by Crippen LogP contribution is -2.39. The first kappa shape index (κ1) is 22.9. The molecule has 0 bridgehead atoms. The standard InChI is InChI=1S/C18H30ClN5O3S/c1-2-20-18(21-9-8-15-6-7-17(19)23-13-15)22-10-12-28(25,26)24-14-16-5-3-4-11-27-16/h6-7,13,16,24H,2-5,8-12,14H2,1H3,(H2,20,21,22). The molecule has 10 heteroatoms. The van der Waals surface area contributed by atoms with E-state index in [-0.39, 0.29) is 18.4 Å². The molecule has 1 saturated heterocycles. The number of sulfonamides is 1. The molecule has 3 N–H and O–H groups in total. The van der Waals surface area contributed by atoms with E-state index in [1.807, 2.05) is 13.0 Å². The van der Waals surface area contributed by atoms with Gasteiger partial charge in [0.25, 0.3) is 0 Å². The van der Waals surface area contributed by atoms with Crippen LogP contribution in [0.3, 0.4) is 0 Å². The van der Waals surface area contributed by atoms with Gasteiger partial charge in [0.2, 0.25) is 10.0 Å². The van der Waals surface area contributed by atoms with Crippen LogP contribution in [0.4, 0.5) is 0 Å². The Kier molecular flexibility index (Phi) is 9.97. The lowest BCUT2D eigenvalue weighted by atomic mass is 10.1. The molecule has 1 aliphatic heterocycles. The average Bonchev–Trinajstić information content (AvgIpc) is 2.69. The first-order valence-electron chi connectivity index (χ1n) is 9.70. The minimum absolute atomic E-state index is 0.0200. The van der Waals surface area contributed by atoms with Gasteiger partial charge in [-0.3, -0.25) is 4.99 Å². The van der Waals surface area contributed by atoms with Crippen molar-refractivity contribution in [1.82, 2.24) is 20.3 Å². The summed E-state index contributed by atoms with van der Waals surface area (Å²) < 4.78 is 32.5. The highest BCUT2D eigenvalue weighted by Gasteiger charge is 2.17. The number of hydrogen-bond donors (Lipinski definition) is 3. The Morgan fingerprint density at radius 2 is 2.21 bits per heavy atom. The number of nitrogens with zero attached hydrogens (tertiary/aromatic N) is 2. The predicted molar refractivity (Wildman–Crippen MR) is 112 cm³/mol. The summed E-state index contributed by atoms with van der Waals surface area (Å²) in [5, 5.41) is 6.78. The third-order valence-electron chi connectivity index (χ3n) is 4.27. The van der Waals surface area contributed by atoms with Gasteiger partial charge < -0.3 is 15.4 Å². The van der Waals surface area contributed by atoms with Crippen molar-refractivity contribution < 1.29 is 13.2 Å². The van der Waals surface area contributed by atoms with Gasteiger partial charge >= 0.3 is 0 Å². The summed E-state index contributed by atoms with van der Waals surface area (Å²) in [6.07, 6.45) is 5.51. The van der Waals surface area contributed by atoms with Crippen LogP contribution in [-0.2, 0) is 21.2 Å². The maximum absolute atomic E-state index is 12.1. The lowest BCUT2D eigenvalue weighted by Gasteiger charge is -2.22. The molecule has 0 saturated carbocycles. The second-order valence-electron chi connectivity index (χ2n) is 6.58. The zero-order valence-electron chi connectivity index (χ0n) is 16.3. The van der Waals surface area contributed by atoms with Crippen LogP contribution in [0.5, 0.6) is 0 Å². The molecule has 0 amide bonds. The summed E-state index contributed by atoms with van der Waals surface area (Å²) in [4.78, 5) is 8.40. The lowest BCUT2D eigenvalue weighted by molar-refractivity contribution is 0.0200. The van der Waals surface area contributed by atoms with E-state index in [1.165, 1.54) is 0 Å². The van der Waals surface area contributed by atoms with Crippen molar-refractivity contribution in [2.75, 3.05) is 38.5 Å². The Morgan fingerprint density at radius 3 is 2.89 bits per heavy atom. The summed E-state index contributed by atoms with van der Waals surface area (Å²) in [5.41, 5.74) is 1.06. The topological polar surface area (TPSA) is 105 Å². The summed E-state index contributed by atoms with van der Waals surface area (Å²) in [5.74, 6) is 0.535. The molecule has 0 spiro atoms. The van der Waals surface area contributed by atoms with Gasteiger partial charge in [-0.1, -0.05) is 17.7 Å². The SMILES string of the molecule is CCNC(=NCCS(=O)(=O)NCC1CCCCO1)NCCc1ccc(Cl)nc1. The molecule has 1 aliphatic rings. The van der Waals surface area contributed by atoms with Gasteiger partial charge in [0, 0.05) is 32.4 Å². The predicted octanol–water partition coefficient (Wildman–Crippen LogP) is 1.32. The van der Waals surface area contributed by atoms with E-state index >= 15 is 0 Å². The van der Waals surface area contributed by atoms with Crippen LogP contribution in [0, 0.1) is 0 Å². The van der Waals surface area contributed by atoms with Crippen LogP contribution in [0.2, 0.25) is 5.15 Å². The smallest absolute Gasteiger partial charge is 0.213 e. The fourth-order valence-corrected chi connectivity index (χ4v) is 3.79. The molecule has 1 atom stereocenters. The highest BCUT2D eigenvalue weighted by molar-refractivity contribution is 7.89. The van der Waals surface area contributed by atoms with Crippen LogP contribution >= 0.6 is 11.6 Å². The molecule has 1 unspecified atom stereocenters. The minimum atomic E-state index is -3.37. The normalized spacial score (nSPS) is 18.1. The Morgan fingerprint density at radius 1 is 1.36 bits per heavy atom. The van der Waals surface area contributed by atoms with E-state index in [9.17, 15) is 8.42 Å². The van der Waals surface area contributed by atoms with Crippen molar-refractivity contribution in [3.05, 3.63) is 29.0 Å². The molecule has 0 aromatic carbocycles. The number of nitrogens with one attached hydrogen (secondary N) is 3. The highest BCUT2D eigenvalue weighted by Crippen LogP contribution is 2.11. The molecule has 158 valence electrons. The van der Waals surface area contributed by atoms with Gasteiger partial charge in [-0.2, -0.15) is 0 Å². The molecule has 1 aromatic rings. The van der Waals surface area contributed by atoms with Crippen LogP contribution in [0.1, 0.15) is 31.7 Å². The van der Waals surface area contributed by atoms with Crippen molar-refractivity contribution >= 4 is 27.6 Å². The van der Waals surface area contributed by atoms with E-state index in [2.05, 4.69) is 25.3 Å². The fraction of sp³-hybridized carbons (Fsp3) is 0.667. The molecular formula is C18H30ClN5O3S. The second-order valence-corrected chi connectivity index (χ2v) is 8.90. The third-order valence-corrected chi connectivity index (χ3v) is 5.82. The molecule has 0 aliphatic carbocycles. The van der Waals surface area contributed by atoms with Gasteiger partial charge in [0.05, 0.1) is 18.4 Å². The second kappa shape index (κ2) is 12.2. The number of aromatic nitrogens is 1. The maximum Gasteiger partial charge on any atom is 0.213 e.